The maximum absolute atomic E-state index is 11.3. The van der Waals surface area contributed by atoms with E-state index in [0.29, 0.717) is 12.6 Å². The van der Waals surface area contributed by atoms with Crippen LogP contribution in [0.4, 0.5) is 0 Å². The van der Waals surface area contributed by atoms with Crippen LogP contribution in [0.2, 0.25) is 0 Å². The van der Waals surface area contributed by atoms with Crippen LogP contribution >= 0.6 is 11.3 Å². The number of thiophene rings is 1. The molecule has 1 aliphatic rings. The van der Waals surface area contributed by atoms with E-state index in [4.69, 9.17) is 0 Å². The summed E-state index contributed by atoms with van der Waals surface area (Å²) in [6.07, 6.45) is 2.30. The number of amides is 1. The van der Waals surface area contributed by atoms with Gasteiger partial charge in [0, 0.05) is 17.5 Å². The first-order valence-electron chi connectivity index (χ1n) is 4.87. The highest BCUT2D eigenvalue weighted by Gasteiger charge is 2.22. The van der Waals surface area contributed by atoms with E-state index < -0.39 is 0 Å². The van der Waals surface area contributed by atoms with E-state index in [-0.39, 0.29) is 5.91 Å². The Bertz CT molecular complexity index is 293. The Morgan fingerprint density at radius 1 is 1.57 bits per heavy atom. The van der Waals surface area contributed by atoms with Gasteiger partial charge in [-0.05, 0) is 24.3 Å². The monoisotopic (exact) mass is 210 g/mol. The SMILES string of the molecule is O=C(CNCc1cccs1)NC1CC1. The number of carbonyl (C=O) groups excluding carboxylic acids is 1. The quantitative estimate of drug-likeness (QED) is 0.764. The van der Waals surface area contributed by atoms with Crippen molar-refractivity contribution in [3.63, 3.8) is 0 Å². The van der Waals surface area contributed by atoms with E-state index in [0.717, 1.165) is 19.4 Å². The molecule has 0 saturated heterocycles. The lowest BCUT2D eigenvalue weighted by molar-refractivity contribution is -0.120. The number of hydrogen-bond acceptors (Lipinski definition) is 3. The maximum Gasteiger partial charge on any atom is 0.234 e. The first-order valence-corrected chi connectivity index (χ1v) is 5.75. The molecule has 0 spiro atoms. The van der Waals surface area contributed by atoms with Crippen molar-refractivity contribution in [1.29, 1.82) is 0 Å². The number of rotatable bonds is 5. The third-order valence-corrected chi connectivity index (χ3v) is 2.98. The van der Waals surface area contributed by atoms with Gasteiger partial charge in [0.1, 0.15) is 0 Å². The van der Waals surface area contributed by atoms with Gasteiger partial charge in [-0.1, -0.05) is 6.07 Å². The van der Waals surface area contributed by atoms with Gasteiger partial charge in [0.25, 0.3) is 0 Å². The van der Waals surface area contributed by atoms with Crippen LogP contribution in [-0.4, -0.2) is 18.5 Å². The molecule has 4 heteroatoms. The Balaban J connectivity index is 1.60. The number of nitrogens with one attached hydrogen (secondary N) is 2. The van der Waals surface area contributed by atoms with Gasteiger partial charge in [-0.3, -0.25) is 4.79 Å². The molecule has 1 aromatic heterocycles. The largest absolute Gasteiger partial charge is 0.352 e. The molecule has 1 heterocycles. The van der Waals surface area contributed by atoms with Gasteiger partial charge in [-0.15, -0.1) is 11.3 Å². The van der Waals surface area contributed by atoms with Gasteiger partial charge in [0.05, 0.1) is 6.54 Å². The lowest BCUT2D eigenvalue weighted by atomic mass is 10.4. The Hall–Kier alpha value is -0.870. The topological polar surface area (TPSA) is 41.1 Å². The van der Waals surface area contributed by atoms with E-state index in [9.17, 15) is 4.79 Å². The second-order valence-electron chi connectivity index (χ2n) is 3.52. The predicted molar refractivity (Wildman–Crippen MR) is 57.2 cm³/mol. The lowest BCUT2D eigenvalue weighted by Crippen LogP contribution is -2.34. The molecule has 76 valence electrons. The Morgan fingerprint density at radius 3 is 3.07 bits per heavy atom. The second-order valence-corrected chi connectivity index (χ2v) is 4.56. The van der Waals surface area contributed by atoms with E-state index in [1.807, 2.05) is 11.4 Å². The fourth-order valence-corrected chi connectivity index (χ4v) is 1.89. The standard InChI is InChI=1S/C10H14N2OS/c13-10(12-8-3-4-8)7-11-6-9-2-1-5-14-9/h1-2,5,8,11H,3-4,6-7H2,(H,12,13). The molecular formula is C10H14N2OS. The molecule has 14 heavy (non-hydrogen) atoms. The molecule has 3 nitrogen and oxygen atoms in total. The maximum atomic E-state index is 11.3. The van der Waals surface area contributed by atoms with Crippen molar-refractivity contribution in [3.8, 4) is 0 Å². The van der Waals surface area contributed by atoms with Crippen LogP contribution < -0.4 is 10.6 Å². The van der Waals surface area contributed by atoms with E-state index in [1.54, 1.807) is 11.3 Å². The fraction of sp³-hybridized carbons (Fsp3) is 0.500. The molecule has 1 fully saturated rings. The molecule has 0 unspecified atom stereocenters. The van der Waals surface area contributed by atoms with Gasteiger partial charge in [-0.25, -0.2) is 0 Å². The van der Waals surface area contributed by atoms with Gasteiger partial charge in [0.2, 0.25) is 5.91 Å². The van der Waals surface area contributed by atoms with Crippen molar-refractivity contribution < 1.29 is 4.79 Å². The molecule has 1 saturated carbocycles. The molecule has 2 N–H and O–H groups in total. The average Bonchev–Trinajstić information content (AvgIpc) is 2.82. The zero-order valence-corrected chi connectivity index (χ0v) is 8.77. The van der Waals surface area contributed by atoms with Crippen molar-refractivity contribution in [2.24, 2.45) is 0 Å². The molecule has 0 bridgehead atoms. The highest BCUT2D eigenvalue weighted by atomic mass is 32.1. The fourth-order valence-electron chi connectivity index (χ4n) is 1.22. The summed E-state index contributed by atoms with van der Waals surface area (Å²) in [7, 11) is 0. The van der Waals surface area contributed by atoms with Crippen molar-refractivity contribution in [1.82, 2.24) is 10.6 Å². The second kappa shape index (κ2) is 4.57. The summed E-state index contributed by atoms with van der Waals surface area (Å²) >= 11 is 1.71. The molecule has 1 aliphatic carbocycles. The highest BCUT2D eigenvalue weighted by molar-refractivity contribution is 7.09. The zero-order valence-electron chi connectivity index (χ0n) is 7.95. The zero-order chi connectivity index (χ0) is 9.80. The molecule has 2 rings (SSSR count). The Morgan fingerprint density at radius 2 is 2.43 bits per heavy atom. The third-order valence-electron chi connectivity index (χ3n) is 2.11. The average molecular weight is 210 g/mol. The number of carbonyl (C=O) groups is 1. The molecule has 0 aromatic carbocycles. The molecular weight excluding hydrogens is 196 g/mol. The van der Waals surface area contributed by atoms with Crippen molar-refractivity contribution in [3.05, 3.63) is 22.4 Å². The van der Waals surface area contributed by atoms with E-state index in [1.165, 1.54) is 4.88 Å². The van der Waals surface area contributed by atoms with E-state index in [2.05, 4.69) is 16.7 Å². The summed E-state index contributed by atoms with van der Waals surface area (Å²) in [4.78, 5) is 12.5. The first kappa shape index (κ1) is 9.68. The molecule has 0 aliphatic heterocycles. The molecule has 0 atom stereocenters. The van der Waals surface area contributed by atoms with Crippen molar-refractivity contribution in [2.45, 2.75) is 25.4 Å². The van der Waals surface area contributed by atoms with Crippen LogP contribution in [0.25, 0.3) is 0 Å². The van der Waals surface area contributed by atoms with Crippen LogP contribution in [-0.2, 0) is 11.3 Å². The smallest absolute Gasteiger partial charge is 0.234 e. The van der Waals surface area contributed by atoms with Crippen molar-refractivity contribution in [2.75, 3.05) is 6.54 Å². The molecule has 1 amide bonds. The summed E-state index contributed by atoms with van der Waals surface area (Å²) in [6.45, 7) is 1.21. The Labute approximate surface area is 87.5 Å². The van der Waals surface area contributed by atoms with Gasteiger partial charge in [-0.2, -0.15) is 0 Å². The van der Waals surface area contributed by atoms with Gasteiger partial charge in [0.15, 0.2) is 0 Å². The molecule has 1 aromatic rings. The summed E-state index contributed by atoms with van der Waals surface area (Å²) < 4.78 is 0. The minimum absolute atomic E-state index is 0.115. The number of hydrogen-bond donors (Lipinski definition) is 2. The minimum atomic E-state index is 0.115. The lowest BCUT2D eigenvalue weighted by Gasteiger charge is -2.03. The summed E-state index contributed by atoms with van der Waals surface area (Å²) in [6, 6.07) is 4.55. The molecule has 0 radical (unpaired) electrons. The summed E-state index contributed by atoms with van der Waals surface area (Å²) in [5, 5.41) is 8.10. The third kappa shape index (κ3) is 3.12. The predicted octanol–water partition coefficient (Wildman–Crippen LogP) is 1.12. The van der Waals surface area contributed by atoms with Crippen LogP contribution in [0.3, 0.4) is 0 Å². The van der Waals surface area contributed by atoms with Gasteiger partial charge < -0.3 is 10.6 Å². The Kier molecular flexibility index (Phi) is 3.16. The van der Waals surface area contributed by atoms with E-state index >= 15 is 0 Å². The van der Waals surface area contributed by atoms with Crippen LogP contribution in [0, 0.1) is 0 Å². The normalized spacial score (nSPS) is 15.4. The summed E-state index contributed by atoms with van der Waals surface area (Å²) in [5.74, 6) is 0.115. The minimum Gasteiger partial charge on any atom is -0.352 e. The first-order chi connectivity index (χ1) is 6.84. The summed E-state index contributed by atoms with van der Waals surface area (Å²) in [5.41, 5.74) is 0. The van der Waals surface area contributed by atoms with Gasteiger partial charge >= 0.3 is 0 Å². The van der Waals surface area contributed by atoms with Crippen LogP contribution in [0.15, 0.2) is 17.5 Å². The van der Waals surface area contributed by atoms with Crippen molar-refractivity contribution >= 4 is 17.2 Å². The van der Waals surface area contributed by atoms with Crippen LogP contribution in [0.5, 0.6) is 0 Å². The highest BCUT2D eigenvalue weighted by Crippen LogP contribution is 2.18. The van der Waals surface area contributed by atoms with Crippen LogP contribution in [0.1, 0.15) is 17.7 Å².